The zero-order valence-corrected chi connectivity index (χ0v) is 22.1. The van der Waals surface area contributed by atoms with Crippen LogP contribution in [0, 0.1) is 11.7 Å². The summed E-state index contributed by atoms with van der Waals surface area (Å²) < 4.78 is 13.4. The summed E-state index contributed by atoms with van der Waals surface area (Å²) in [5.74, 6) is -1.33. The van der Waals surface area contributed by atoms with Crippen LogP contribution in [0.1, 0.15) is 41.0 Å². The Morgan fingerprint density at radius 1 is 1.18 bits per heavy atom. The predicted octanol–water partition coefficient (Wildman–Crippen LogP) is 2.18. The summed E-state index contributed by atoms with van der Waals surface area (Å²) >= 11 is 0. The monoisotopic (exact) mass is 545 g/mol. The SMILES string of the molecule is C[C@H](NC(=O)[C@@H]1C[C@@H](O)CN1C(=O)CNC(=O)c1ccc2cc(F)ccc2n1)c1ccccc1/C=C/C1CNC1. The highest BCUT2D eigenvalue weighted by atomic mass is 19.1. The smallest absolute Gasteiger partial charge is 0.270 e. The lowest BCUT2D eigenvalue weighted by Gasteiger charge is -2.26. The molecule has 2 aliphatic rings. The van der Waals surface area contributed by atoms with E-state index in [2.05, 4.69) is 33.1 Å². The van der Waals surface area contributed by atoms with Gasteiger partial charge in [-0.25, -0.2) is 9.37 Å². The van der Waals surface area contributed by atoms with Gasteiger partial charge in [-0.1, -0.05) is 42.5 Å². The zero-order valence-electron chi connectivity index (χ0n) is 22.1. The van der Waals surface area contributed by atoms with E-state index in [9.17, 15) is 23.9 Å². The van der Waals surface area contributed by atoms with Gasteiger partial charge < -0.3 is 26.0 Å². The number of aromatic nitrogens is 1. The van der Waals surface area contributed by atoms with Crippen molar-refractivity contribution < 1.29 is 23.9 Å². The predicted molar refractivity (Wildman–Crippen MR) is 149 cm³/mol. The van der Waals surface area contributed by atoms with Crippen molar-refractivity contribution in [2.24, 2.45) is 5.92 Å². The third-order valence-corrected chi connectivity index (χ3v) is 7.37. The van der Waals surface area contributed by atoms with Gasteiger partial charge in [0.25, 0.3) is 5.91 Å². The van der Waals surface area contributed by atoms with Gasteiger partial charge in [-0.05, 0) is 42.3 Å². The molecule has 0 aliphatic carbocycles. The topological polar surface area (TPSA) is 124 Å². The first-order valence-corrected chi connectivity index (χ1v) is 13.4. The molecule has 2 aliphatic heterocycles. The number of rotatable bonds is 8. The van der Waals surface area contributed by atoms with Crippen LogP contribution < -0.4 is 16.0 Å². The molecule has 0 radical (unpaired) electrons. The molecule has 40 heavy (non-hydrogen) atoms. The fraction of sp³-hybridized carbons (Fsp3) is 0.333. The third kappa shape index (κ3) is 6.19. The third-order valence-electron chi connectivity index (χ3n) is 7.37. The molecule has 0 unspecified atom stereocenters. The summed E-state index contributed by atoms with van der Waals surface area (Å²) in [5.41, 5.74) is 2.49. The molecule has 3 amide bonds. The molecule has 0 spiro atoms. The lowest BCUT2D eigenvalue weighted by molar-refractivity contribution is -0.138. The molecular weight excluding hydrogens is 513 g/mol. The molecule has 10 heteroatoms. The second-order valence-corrected chi connectivity index (χ2v) is 10.3. The van der Waals surface area contributed by atoms with Crippen LogP contribution in [-0.2, 0) is 9.59 Å². The van der Waals surface area contributed by atoms with Crippen molar-refractivity contribution in [3.8, 4) is 0 Å². The average Bonchev–Trinajstić information content (AvgIpc) is 3.32. The maximum atomic E-state index is 13.4. The lowest BCUT2D eigenvalue weighted by atomic mass is 9.97. The van der Waals surface area contributed by atoms with Crippen LogP contribution in [0.2, 0.25) is 0 Å². The summed E-state index contributed by atoms with van der Waals surface area (Å²) in [6.07, 6.45) is 3.50. The highest BCUT2D eigenvalue weighted by Crippen LogP contribution is 2.23. The molecule has 2 saturated heterocycles. The molecule has 4 N–H and O–H groups in total. The normalized spacial score (nSPS) is 19.9. The van der Waals surface area contributed by atoms with Crippen molar-refractivity contribution in [1.29, 1.82) is 0 Å². The molecule has 3 aromatic rings. The number of halogens is 1. The lowest BCUT2D eigenvalue weighted by Crippen LogP contribution is -2.49. The second kappa shape index (κ2) is 11.9. The van der Waals surface area contributed by atoms with Crippen LogP contribution in [0.4, 0.5) is 4.39 Å². The van der Waals surface area contributed by atoms with Crippen LogP contribution in [0.3, 0.4) is 0 Å². The number of likely N-dealkylation sites (tertiary alicyclic amines) is 1. The Morgan fingerprint density at radius 3 is 2.75 bits per heavy atom. The summed E-state index contributed by atoms with van der Waals surface area (Å²) in [6, 6.07) is 13.7. The van der Waals surface area contributed by atoms with E-state index in [-0.39, 0.29) is 37.2 Å². The fourth-order valence-electron chi connectivity index (χ4n) is 5.04. The van der Waals surface area contributed by atoms with Crippen molar-refractivity contribution in [3.05, 3.63) is 83.3 Å². The van der Waals surface area contributed by atoms with E-state index in [0.29, 0.717) is 16.8 Å². The van der Waals surface area contributed by atoms with Crippen molar-refractivity contribution >= 4 is 34.7 Å². The zero-order chi connectivity index (χ0) is 28.2. The van der Waals surface area contributed by atoms with Crippen molar-refractivity contribution in [1.82, 2.24) is 25.8 Å². The fourth-order valence-corrected chi connectivity index (χ4v) is 5.04. The minimum atomic E-state index is -0.862. The number of nitrogens with one attached hydrogen (secondary N) is 3. The molecule has 2 fully saturated rings. The van der Waals surface area contributed by atoms with Crippen LogP contribution in [0.5, 0.6) is 0 Å². The van der Waals surface area contributed by atoms with Gasteiger partial charge in [0.15, 0.2) is 0 Å². The molecule has 0 saturated carbocycles. The van der Waals surface area contributed by atoms with Crippen molar-refractivity contribution in [2.75, 3.05) is 26.2 Å². The molecule has 5 rings (SSSR count). The van der Waals surface area contributed by atoms with E-state index >= 15 is 0 Å². The van der Waals surface area contributed by atoms with Crippen molar-refractivity contribution in [2.45, 2.75) is 31.5 Å². The van der Waals surface area contributed by atoms with Gasteiger partial charge in [0.1, 0.15) is 17.6 Å². The molecule has 2 aromatic carbocycles. The Hall–Kier alpha value is -4.15. The Labute approximate surface area is 231 Å². The van der Waals surface area contributed by atoms with E-state index in [1.165, 1.54) is 29.2 Å². The number of carbonyl (C=O) groups excluding carboxylic acids is 3. The first-order valence-electron chi connectivity index (χ1n) is 13.4. The van der Waals surface area contributed by atoms with Gasteiger partial charge >= 0.3 is 0 Å². The number of amides is 3. The van der Waals surface area contributed by atoms with Gasteiger partial charge in [-0.15, -0.1) is 0 Å². The number of benzene rings is 2. The number of β-amino-alcohol motifs (C(OH)–C–C–N with tert-alkyl or cyclic N) is 1. The van der Waals surface area contributed by atoms with Crippen LogP contribution >= 0.6 is 0 Å². The number of pyridine rings is 1. The number of aliphatic hydroxyl groups excluding tert-OH is 1. The quantitative estimate of drug-likeness (QED) is 0.344. The average molecular weight is 546 g/mol. The van der Waals surface area contributed by atoms with Gasteiger partial charge in [0.2, 0.25) is 11.8 Å². The van der Waals surface area contributed by atoms with E-state index in [1.54, 1.807) is 6.07 Å². The van der Waals surface area contributed by atoms with Crippen LogP contribution in [0.15, 0.2) is 60.7 Å². The van der Waals surface area contributed by atoms with E-state index in [4.69, 9.17) is 0 Å². The van der Waals surface area contributed by atoms with Crippen LogP contribution in [0.25, 0.3) is 17.0 Å². The van der Waals surface area contributed by atoms with E-state index < -0.39 is 29.8 Å². The maximum absolute atomic E-state index is 13.4. The molecule has 1 aromatic heterocycles. The number of nitrogens with zero attached hydrogens (tertiary/aromatic N) is 2. The Bertz CT molecular complexity index is 1460. The summed E-state index contributed by atoms with van der Waals surface area (Å²) in [4.78, 5) is 44.5. The number of aliphatic hydroxyl groups is 1. The molecule has 3 heterocycles. The first kappa shape index (κ1) is 27.4. The standard InChI is InChI=1S/C30H32FN5O4/c1-18(24-5-3-2-4-20(24)7-6-19-14-32-15-19)34-30(40)27-13-23(37)17-36(27)28(38)16-33-29(39)26-10-8-21-12-22(31)9-11-25(21)35-26/h2-12,18-19,23,27,32,37H,13-17H2,1H3,(H,33,39)(H,34,40)/b7-6+/t18-,23+,27-/m0/s1. The Balaban J connectivity index is 1.20. The highest BCUT2D eigenvalue weighted by Gasteiger charge is 2.39. The number of fused-ring (bicyclic) bond motifs is 1. The van der Waals surface area contributed by atoms with Gasteiger partial charge in [-0.2, -0.15) is 0 Å². The Kier molecular flexibility index (Phi) is 8.18. The number of carbonyl (C=O) groups is 3. The molecular formula is C30H32FN5O4. The van der Waals surface area contributed by atoms with E-state index in [1.807, 2.05) is 31.2 Å². The second-order valence-electron chi connectivity index (χ2n) is 10.3. The van der Waals surface area contributed by atoms with Gasteiger partial charge in [0, 0.05) is 37.4 Å². The maximum Gasteiger partial charge on any atom is 0.270 e. The number of hydrogen-bond donors (Lipinski definition) is 4. The molecule has 208 valence electrons. The van der Waals surface area contributed by atoms with Crippen molar-refractivity contribution in [3.63, 3.8) is 0 Å². The highest BCUT2D eigenvalue weighted by molar-refractivity contribution is 5.97. The summed E-state index contributed by atoms with van der Waals surface area (Å²) in [5, 5.41) is 19.6. The molecule has 0 bridgehead atoms. The first-order chi connectivity index (χ1) is 19.3. The van der Waals surface area contributed by atoms with Crippen LogP contribution in [-0.4, -0.2) is 71.0 Å². The number of hydrogen-bond acceptors (Lipinski definition) is 6. The van der Waals surface area contributed by atoms with Gasteiger partial charge in [0.05, 0.1) is 24.2 Å². The molecule has 3 atom stereocenters. The minimum Gasteiger partial charge on any atom is -0.391 e. The minimum absolute atomic E-state index is 0.00426. The Morgan fingerprint density at radius 2 is 1.98 bits per heavy atom. The van der Waals surface area contributed by atoms with E-state index in [0.717, 1.165) is 24.2 Å². The summed E-state index contributed by atoms with van der Waals surface area (Å²) in [7, 11) is 0. The largest absolute Gasteiger partial charge is 0.391 e. The van der Waals surface area contributed by atoms with Gasteiger partial charge in [-0.3, -0.25) is 14.4 Å². The summed E-state index contributed by atoms with van der Waals surface area (Å²) in [6.45, 7) is 3.43. The molecule has 9 nitrogen and oxygen atoms in total.